The maximum Gasteiger partial charge on any atom is 0.317 e. The first kappa shape index (κ1) is 15.6. The van der Waals surface area contributed by atoms with E-state index in [2.05, 4.69) is 10.6 Å². The number of hydrogen-bond acceptors (Lipinski definition) is 3. The van der Waals surface area contributed by atoms with Gasteiger partial charge in [-0.25, -0.2) is 4.79 Å². The van der Waals surface area contributed by atoms with Crippen molar-refractivity contribution in [2.45, 2.75) is 32.1 Å². The van der Waals surface area contributed by atoms with E-state index in [1.807, 2.05) is 0 Å². The maximum atomic E-state index is 12.1. The van der Waals surface area contributed by atoms with Gasteiger partial charge in [0.05, 0.1) is 5.92 Å². The molecule has 0 aromatic heterocycles. The number of hydrogen-bond donors (Lipinski definition) is 3. The molecule has 0 bridgehead atoms. The predicted octanol–water partition coefficient (Wildman–Crippen LogP) is 0.409. The van der Waals surface area contributed by atoms with Crippen LogP contribution in [-0.2, 0) is 9.59 Å². The number of rotatable bonds is 3. The van der Waals surface area contributed by atoms with Gasteiger partial charge in [0.2, 0.25) is 5.91 Å². The molecule has 7 nitrogen and oxygen atoms in total. The summed E-state index contributed by atoms with van der Waals surface area (Å²) in [5.74, 6) is -1.15. The Morgan fingerprint density at radius 2 is 2.05 bits per heavy atom. The second kappa shape index (κ2) is 7.28. The summed E-state index contributed by atoms with van der Waals surface area (Å²) < 4.78 is 0. The van der Waals surface area contributed by atoms with Crippen molar-refractivity contribution in [2.24, 2.45) is 11.8 Å². The van der Waals surface area contributed by atoms with E-state index in [1.54, 1.807) is 4.90 Å². The van der Waals surface area contributed by atoms with Crippen molar-refractivity contribution < 1.29 is 19.5 Å². The molecule has 2 fully saturated rings. The first-order valence-corrected chi connectivity index (χ1v) is 7.60. The average molecular weight is 297 g/mol. The first-order chi connectivity index (χ1) is 10.1. The Morgan fingerprint density at radius 1 is 1.29 bits per heavy atom. The molecular formula is C14H23N3O4. The molecule has 7 heteroatoms. The zero-order chi connectivity index (χ0) is 15.2. The van der Waals surface area contributed by atoms with E-state index >= 15 is 0 Å². The summed E-state index contributed by atoms with van der Waals surface area (Å²) in [6.07, 6.45) is 3.82. The number of carbonyl (C=O) groups excluding carboxylic acids is 2. The monoisotopic (exact) mass is 297 g/mol. The van der Waals surface area contributed by atoms with Gasteiger partial charge in [-0.2, -0.15) is 0 Å². The van der Waals surface area contributed by atoms with Crippen LogP contribution in [0.25, 0.3) is 0 Å². The van der Waals surface area contributed by atoms with Crippen LogP contribution in [0.3, 0.4) is 0 Å². The van der Waals surface area contributed by atoms with E-state index in [-0.39, 0.29) is 23.8 Å². The molecule has 3 amide bonds. The Balaban J connectivity index is 1.82. The topological polar surface area (TPSA) is 98.7 Å². The second-order valence-corrected chi connectivity index (χ2v) is 5.76. The molecule has 2 unspecified atom stereocenters. The summed E-state index contributed by atoms with van der Waals surface area (Å²) in [7, 11) is 0. The number of carbonyl (C=O) groups is 3. The summed E-state index contributed by atoms with van der Waals surface area (Å²) in [6, 6.07) is -0.207. The molecule has 1 saturated heterocycles. The van der Waals surface area contributed by atoms with Crippen LogP contribution >= 0.6 is 0 Å². The van der Waals surface area contributed by atoms with E-state index in [4.69, 9.17) is 0 Å². The third-order valence-electron chi connectivity index (χ3n) is 4.34. The third-order valence-corrected chi connectivity index (χ3v) is 4.34. The van der Waals surface area contributed by atoms with Crippen molar-refractivity contribution in [1.29, 1.82) is 0 Å². The molecule has 0 aromatic rings. The molecule has 2 rings (SSSR count). The van der Waals surface area contributed by atoms with Crippen LogP contribution in [-0.4, -0.2) is 54.1 Å². The van der Waals surface area contributed by atoms with Gasteiger partial charge in [-0.05, 0) is 18.8 Å². The van der Waals surface area contributed by atoms with Crippen LogP contribution in [0.1, 0.15) is 32.1 Å². The van der Waals surface area contributed by atoms with Crippen LogP contribution in [0.2, 0.25) is 0 Å². The number of carboxylic acid groups (broad SMARTS) is 1. The fourth-order valence-corrected chi connectivity index (χ4v) is 3.08. The molecule has 0 aromatic carbocycles. The van der Waals surface area contributed by atoms with Crippen molar-refractivity contribution in [3.8, 4) is 0 Å². The SMILES string of the molecule is O=C1CCN(C(=O)NCC2CCCCC2C(=O)O)CCN1. The highest BCUT2D eigenvalue weighted by atomic mass is 16.4. The second-order valence-electron chi connectivity index (χ2n) is 5.76. The third kappa shape index (κ3) is 4.34. The van der Waals surface area contributed by atoms with Crippen molar-refractivity contribution in [3.63, 3.8) is 0 Å². The number of amides is 3. The number of urea groups is 1. The number of nitrogens with zero attached hydrogens (tertiary/aromatic N) is 1. The summed E-state index contributed by atoms with van der Waals surface area (Å²) in [5.41, 5.74) is 0. The lowest BCUT2D eigenvalue weighted by molar-refractivity contribution is -0.144. The Labute approximate surface area is 124 Å². The minimum atomic E-state index is -0.765. The Hall–Kier alpha value is -1.79. The van der Waals surface area contributed by atoms with Crippen LogP contribution in [0.5, 0.6) is 0 Å². The lowest BCUT2D eigenvalue weighted by Crippen LogP contribution is -2.45. The van der Waals surface area contributed by atoms with Crippen molar-refractivity contribution in [1.82, 2.24) is 15.5 Å². The van der Waals surface area contributed by atoms with Gasteiger partial charge in [0, 0.05) is 32.6 Å². The minimum Gasteiger partial charge on any atom is -0.481 e. The lowest BCUT2D eigenvalue weighted by atomic mass is 9.79. The number of aliphatic carboxylic acids is 1. The Bertz CT molecular complexity index is 413. The van der Waals surface area contributed by atoms with Gasteiger partial charge < -0.3 is 20.6 Å². The highest BCUT2D eigenvalue weighted by Gasteiger charge is 2.31. The number of carboxylic acids is 1. The van der Waals surface area contributed by atoms with E-state index < -0.39 is 5.97 Å². The minimum absolute atomic E-state index is 0.00642. The normalized spacial score (nSPS) is 26.7. The molecule has 2 atom stereocenters. The van der Waals surface area contributed by atoms with Crippen LogP contribution in [0.15, 0.2) is 0 Å². The molecule has 118 valence electrons. The van der Waals surface area contributed by atoms with E-state index in [9.17, 15) is 19.5 Å². The zero-order valence-corrected chi connectivity index (χ0v) is 12.1. The van der Waals surface area contributed by atoms with E-state index in [1.165, 1.54) is 0 Å². The van der Waals surface area contributed by atoms with Crippen LogP contribution in [0.4, 0.5) is 4.79 Å². The van der Waals surface area contributed by atoms with Crippen molar-refractivity contribution in [3.05, 3.63) is 0 Å². The summed E-state index contributed by atoms with van der Waals surface area (Å²) >= 11 is 0. The molecular weight excluding hydrogens is 274 g/mol. The van der Waals surface area contributed by atoms with Gasteiger partial charge in [-0.1, -0.05) is 12.8 Å². The molecule has 1 aliphatic carbocycles. The summed E-state index contributed by atoms with van der Waals surface area (Å²) in [4.78, 5) is 36.2. The highest BCUT2D eigenvalue weighted by molar-refractivity contribution is 5.79. The molecule has 1 saturated carbocycles. The predicted molar refractivity (Wildman–Crippen MR) is 75.7 cm³/mol. The quantitative estimate of drug-likeness (QED) is 0.702. The van der Waals surface area contributed by atoms with E-state index in [0.717, 1.165) is 19.3 Å². The molecule has 1 aliphatic heterocycles. The Kier molecular flexibility index (Phi) is 5.41. The van der Waals surface area contributed by atoms with Gasteiger partial charge in [0.15, 0.2) is 0 Å². The summed E-state index contributed by atoms with van der Waals surface area (Å²) in [6.45, 7) is 1.76. The lowest BCUT2D eigenvalue weighted by Gasteiger charge is -2.29. The van der Waals surface area contributed by atoms with E-state index in [0.29, 0.717) is 39.0 Å². The van der Waals surface area contributed by atoms with Crippen LogP contribution < -0.4 is 10.6 Å². The van der Waals surface area contributed by atoms with Gasteiger partial charge in [0.25, 0.3) is 0 Å². The fraction of sp³-hybridized carbons (Fsp3) is 0.786. The van der Waals surface area contributed by atoms with Crippen molar-refractivity contribution >= 4 is 17.9 Å². The standard InChI is InChI=1S/C14H23N3O4/c18-12-5-7-17(8-6-15-12)14(21)16-9-10-3-1-2-4-11(10)13(19)20/h10-11H,1-9H2,(H,15,18)(H,16,21)(H,19,20). The number of nitrogens with one attached hydrogen (secondary N) is 2. The molecule has 21 heavy (non-hydrogen) atoms. The average Bonchev–Trinajstić information content (AvgIpc) is 2.69. The van der Waals surface area contributed by atoms with Gasteiger partial charge >= 0.3 is 12.0 Å². The fourth-order valence-electron chi connectivity index (χ4n) is 3.08. The molecule has 0 radical (unpaired) electrons. The molecule has 0 spiro atoms. The zero-order valence-electron chi connectivity index (χ0n) is 12.1. The largest absolute Gasteiger partial charge is 0.481 e. The maximum absolute atomic E-state index is 12.1. The van der Waals surface area contributed by atoms with Gasteiger partial charge in [-0.15, -0.1) is 0 Å². The molecule has 1 heterocycles. The molecule has 3 N–H and O–H groups in total. The van der Waals surface area contributed by atoms with Gasteiger partial charge in [0.1, 0.15) is 0 Å². The van der Waals surface area contributed by atoms with Crippen LogP contribution in [0, 0.1) is 11.8 Å². The summed E-state index contributed by atoms with van der Waals surface area (Å²) in [5, 5.41) is 14.8. The highest BCUT2D eigenvalue weighted by Crippen LogP contribution is 2.29. The molecule has 2 aliphatic rings. The smallest absolute Gasteiger partial charge is 0.317 e. The van der Waals surface area contributed by atoms with Gasteiger partial charge in [-0.3, -0.25) is 9.59 Å². The Morgan fingerprint density at radius 3 is 2.81 bits per heavy atom. The first-order valence-electron chi connectivity index (χ1n) is 7.60. The van der Waals surface area contributed by atoms with Crippen molar-refractivity contribution in [2.75, 3.05) is 26.2 Å².